The summed E-state index contributed by atoms with van der Waals surface area (Å²) in [4.78, 5) is 23.1. The van der Waals surface area contributed by atoms with E-state index < -0.39 is 11.8 Å². The van der Waals surface area contributed by atoms with Crippen LogP contribution < -0.4 is 15.4 Å². The smallest absolute Gasteiger partial charge is 0.313 e. The zero-order valence-corrected chi connectivity index (χ0v) is 11.0. The van der Waals surface area contributed by atoms with E-state index in [0.717, 1.165) is 0 Å². The molecular formula is C13H18N2O4. The Hall–Kier alpha value is -2.08. The number of rotatable bonds is 5. The molecule has 1 rings (SSSR count). The third-order valence-electron chi connectivity index (χ3n) is 2.49. The number of hydrogen-bond acceptors (Lipinski definition) is 4. The van der Waals surface area contributed by atoms with Crippen LogP contribution in [0.15, 0.2) is 24.3 Å². The van der Waals surface area contributed by atoms with Crippen molar-refractivity contribution in [3.05, 3.63) is 24.3 Å². The van der Waals surface area contributed by atoms with Crippen molar-refractivity contribution in [2.75, 3.05) is 19.0 Å². The quantitative estimate of drug-likeness (QED) is 0.678. The fraction of sp³-hybridized carbons (Fsp3) is 0.385. The monoisotopic (exact) mass is 266 g/mol. The second-order valence-corrected chi connectivity index (χ2v) is 4.07. The molecule has 0 aliphatic rings. The average molecular weight is 266 g/mol. The second kappa shape index (κ2) is 7.38. The highest BCUT2D eigenvalue weighted by Gasteiger charge is 2.15. The molecule has 104 valence electrons. The van der Waals surface area contributed by atoms with Gasteiger partial charge in [0.25, 0.3) is 0 Å². The van der Waals surface area contributed by atoms with Crippen molar-refractivity contribution in [3.8, 4) is 5.75 Å². The largest absolute Gasteiger partial charge is 0.497 e. The van der Waals surface area contributed by atoms with Crippen LogP contribution in [0, 0.1) is 0 Å². The molecule has 0 saturated carbocycles. The topological polar surface area (TPSA) is 87.7 Å². The standard InChI is InChI=1S/C13H18N2O4/c1-9(7-8-16)14-12(17)13(18)15-10-3-5-11(19-2)6-4-10/h3-6,9,16H,7-8H2,1-2H3,(H,14,17)(H,15,18). The number of benzene rings is 1. The Kier molecular flexibility index (Phi) is 5.81. The maximum absolute atomic E-state index is 11.6. The number of nitrogens with one attached hydrogen (secondary N) is 2. The fourth-order valence-electron chi connectivity index (χ4n) is 1.42. The normalized spacial score (nSPS) is 11.5. The molecule has 6 nitrogen and oxygen atoms in total. The molecule has 0 radical (unpaired) electrons. The van der Waals surface area contributed by atoms with Gasteiger partial charge in [0, 0.05) is 18.3 Å². The molecule has 1 aromatic rings. The molecular weight excluding hydrogens is 248 g/mol. The van der Waals surface area contributed by atoms with Crippen molar-refractivity contribution < 1.29 is 19.4 Å². The van der Waals surface area contributed by atoms with Crippen LogP contribution in [0.5, 0.6) is 5.75 Å². The summed E-state index contributed by atoms with van der Waals surface area (Å²) in [5, 5.41) is 13.7. The van der Waals surface area contributed by atoms with Gasteiger partial charge in [-0.15, -0.1) is 0 Å². The summed E-state index contributed by atoms with van der Waals surface area (Å²) in [6.07, 6.45) is 0.404. The van der Waals surface area contributed by atoms with Crippen LogP contribution in [0.2, 0.25) is 0 Å². The van der Waals surface area contributed by atoms with Crippen LogP contribution in [0.25, 0.3) is 0 Å². The van der Waals surface area contributed by atoms with Gasteiger partial charge in [-0.25, -0.2) is 0 Å². The molecule has 0 heterocycles. The highest BCUT2D eigenvalue weighted by Crippen LogP contribution is 2.14. The lowest BCUT2D eigenvalue weighted by molar-refractivity contribution is -0.136. The average Bonchev–Trinajstić information content (AvgIpc) is 2.39. The molecule has 1 atom stereocenters. The number of amides is 2. The Bertz CT molecular complexity index is 431. The summed E-state index contributed by atoms with van der Waals surface area (Å²) in [5.74, 6) is -0.800. The minimum Gasteiger partial charge on any atom is -0.497 e. The van der Waals surface area contributed by atoms with Crippen LogP contribution in [0.1, 0.15) is 13.3 Å². The van der Waals surface area contributed by atoms with E-state index in [4.69, 9.17) is 9.84 Å². The predicted octanol–water partition coefficient (Wildman–Crippen LogP) is 0.521. The van der Waals surface area contributed by atoms with Crippen molar-refractivity contribution >= 4 is 17.5 Å². The van der Waals surface area contributed by atoms with Gasteiger partial charge in [-0.3, -0.25) is 9.59 Å². The van der Waals surface area contributed by atoms with E-state index in [9.17, 15) is 9.59 Å². The third-order valence-corrected chi connectivity index (χ3v) is 2.49. The van der Waals surface area contributed by atoms with Gasteiger partial charge in [-0.05, 0) is 37.6 Å². The Labute approximate surface area is 111 Å². The first-order chi connectivity index (χ1) is 9.06. The molecule has 3 N–H and O–H groups in total. The number of ether oxygens (including phenoxy) is 1. The maximum Gasteiger partial charge on any atom is 0.313 e. The Balaban J connectivity index is 2.51. The summed E-state index contributed by atoms with van der Waals surface area (Å²) in [6.45, 7) is 1.68. The predicted molar refractivity (Wildman–Crippen MR) is 70.9 cm³/mol. The van der Waals surface area contributed by atoms with E-state index >= 15 is 0 Å². The molecule has 2 amide bonds. The molecule has 1 aromatic carbocycles. The van der Waals surface area contributed by atoms with E-state index in [-0.39, 0.29) is 12.6 Å². The summed E-state index contributed by atoms with van der Waals surface area (Å²) in [7, 11) is 1.55. The Morgan fingerprint density at radius 1 is 1.26 bits per heavy atom. The fourth-order valence-corrected chi connectivity index (χ4v) is 1.42. The zero-order chi connectivity index (χ0) is 14.3. The SMILES string of the molecule is COc1ccc(NC(=O)C(=O)NC(C)CCO)cc1. The number of aliphatic hydroxyl groups excluding tert-OH is 1. The van der Waals surface area contributed by atoms with E-state index in [1.165, 1.54) is 0 Å². The molecule has 1 unspecified atom stereocenters. The molecule has 0 saturated heterocycles. The van der Waals surface area contributed by atoms with Crippen molar-refractivity contribution in [3.63, 3.8) is 0 Å². The van der Waals surface area contributed by atoms with Crippen LogP contribution >= 0.6 is 0 Å². The van der Waals surface area contributed by atoms with Crippen LogP contribution in [0.4, 0.5) is 5.69 Å². The lowest BCUT2D eigenvalue weighted by atomic mass is 10.2. The molecule has 0 aliphatic heterocycles. The maximum atomic E-state index is 11.6. The number of methoxy groups -OCH3 is 1. The molecule has 6 heteroatoms. The number of aliphatic hydroxyl groups is 1. The first-order valence-electron chi connectivity index (χ1n) is 5.93. The molecule has 0 spiro atoms. The minimum absolute atomic E-state index is 0.0401. The van der Waals surface area contributed by atoms with Gasteiger partial charge in [-0.1, -0.05) is 0 Å². The molecule has 0 fully saturated rings. The number of carbonyl (C=O) groups is 2. The second-order valence-electron chi connectivity index (χ2n) is 4.07. The summed E-state index contributed by atoms with van der Waals surface area (Å²) < 4.78 is 4.99. The number of hydrogen-bond donors (Lipinski definition) is 3. The molecule has 0 aromatic heterocycles. The highest BCUT2D eigenvalue weighted by atomic mass is 16.5. The van der Waals surface area contributed by atoms with Crippen LogP contribution in [-0.2, 0) is 9.59 Å². The molecule has 0 aliphatic carbocycles. The minimum atomic E-state index is -0.741. The van der Waals surface area contributed by atoms with Gasteiger partial charge < -0.3 is 20.5 Å². The van der Waals surface area contributed by atoms with E-state index in [2.05, 4.69) is 10.6 Å². The molecule has 0 bridgehead atoms. The summed E-state index contributed by atoms with van der Waals surface area (Å²) >= 11 is 0. The van der Waals surface area contributed by atoms with Gasteiger partial charge in [0.2, 0.25) is 0 Å². The van der Waals surface area contributed by atoms with E-state index in [1.807, 2.05) is 0 Å². The highest BCUT2D eigenvalue weighted by molar-refractivity contribution is 6.39. The number of carbonyl (C=O) groups excluding carboxylic acids is 2. The van der Waals surface area contributed by atoms with Gasteiger partial charge in [-0.2, -0.15) is 0 Å². The summed E-state index contributed by atoms with van der Waals surface area (Å²) in [5.41, 5.74) is 0.510. The zero-order valence-electron chi connectivity index (χ0n) is 11.0. The van der Waals surface area contributed by atoms with Crippen molar-refractivity contribution in [1.29, 1.82) is 0 Å². The third kappa shape index (κ3) is 4.97. The van der Waals surface area contributed by atoms with Crippen molar-refractivity contribution in [2.24, 2.45) is 0 Å². The van der Waals surface area contributed by atoms with E-state index in [1.54, 1.807) is 38.3 Å². The lowest BCUT2D eigenvalue weighted by Gasteiger charge is -2.12. The molecule has 19 heavy (non-hydrogen) atoms. The van der Waals surface area contributed by atoms with Gasteiger partial charge in [0.05, 0.1) is 7.11 Å². The van der Waals surface area contributed by atoms with Gasteiger partial charge in [0.1, 0.15) is 5.75 Å². The Morgan fingerprint density at radius 3 is 2.42 bits per heavy atom. The van der Waals surface area contributed by atoms with Crippen LogP contribution in [0.3, 0.4) is 0 Å². The van der Waals surface area contributed by atoms with E-state index in [0.29, 0.717) is 17.9 Å². The van der Waals surface area contributed by atoms with Crippen LogP contribution in [-0.4, -0.2) is 36.7 Å². The van der Waals surface area contributed by atoms with Crippen molar-refractivity contribution in [2.45, 2.75) is 19.4 Å². The first kappa shape index (κ1) is 15.0. The first-order valence-corrected chi connectivity index (χ1v) is 5.93. The van der Waals surface area contributed by atoms with Gasteiger partial charge >= 0.3 is 11.8 Å². The number of anilines is 1. The lowest BCUT2D eigenvalue weighted by Crippen LogP contribution is -2.40. The summed E-state index contributed by atoms with van der Waals surface area (Å²) in [6, 6.07) is 6.39. The van der Waals surface area contributed by atoms with Crippen molar-refractivity contribution in [1.82, 2.24) is 5.32 Å². The Morgan fingerprint density at radius 2 is 1.89 bits per heavy atom. The van der Waals surface area contributed by atoms with Gasteiger partial charge in [0.15, 0.2) is 0 Å².